The predicted molar refractivity (Wildman–Crippen MR) is 151 cm³/mol. The van der Waals surface area contributed by atoms with Gasteiger partial charge >= 0.3 is 0 Å². The number of benzene rings is 4. The molecule has 0 aliphatic heterocycles. The third kappa shape index (κ3) is 4.53. The number of carbonyl (C=O) groups is 1. The van der Waals surface area contributed by atoms with E-state index in [2.05, 4.69) is 13.8 Å². The second-order valence-corrected chi connectivity index (χ2v) is 9.63. The molecule has 0 radical (unpaired) electrons. The summed E-state index contributed by atoms with van der Waals surface area (Å²) >= 11 is 0. The van der Waals surface area contributed by atoms with Crippen LogP contribution in [0.4, 0.5) is 0 Å². The van der Waals surface area contributed by atoms with Crippen LogP contribution in [0.15, 0.2) is 89.7 Å². The Hall–Kier alpha value is -4.25. The second kappa shape index (κ2) is 10.0. The normalized spacial score (nSPS) is 12.1. The van der Waals surface area contributed by atoms with Gasteiger partial charge in [0.25, 0.3) is 11.5 Å². The standard InChI is InChI=1S/C32H31N3O2/c1-5-18-34(31(36)26-16-15-24-10-6-7-11-25(24)20-26)23(4)30-33-29-13-9-8-12-28(29)32(37)35(30)27-17-14-21(2)22(3)19-27/h6-17,19-20,23H,5,18H2,1-4H3. The third-order valence-electron chi connectivity index (χ3n) is 7.11. The fourth-order valence-electron chi connectivity index (χ4n) is 4.88. The van der Waals surface area contributed by atoms with Crippen molar-refractivity contribution in [2.75, 3.05) is 6.54 Å². The van der Waals surface area contributed by atoms with Crippen molar-refractivity contribution in [1.29, 1.82) is 0 Å². The summed E-state index contributed by atoms with van der Waals surface area (Å²) in [7, 11) is 0. The van der Waals surface area contributed by atoms with Crippen molar-refractivity contribution in [3.8, 4) is 5.69 Å². The number of rotatable bonds is 6. The minimum absolute atomic E-state index is 0.0749. The lowest BCUT2D eigenvalue weighted by Gasteiger charge is -2.30. The van der Waals surface area contributed by atoms with Crippen molar-refractivity contribution in [2.24, 2.45) is 0 Å². The molecule has 0 saturated carbocycles. The Morgan fingerprint density at radius 1 is 0.892 bits per heavy atom. The van der Waals surface area contributed by atoms with Crippen LogP contribution in [-0.2, 0) is 0 Å². The average Bonchev–Trinajstić information content (AvgIpc) is 2.92. The maximum absolute atomic E-state index is 13.9. The van der Waals surface area contributed by atoms with Crippen molar-refractivity contribution >= 4 is 27.6 Å². The fraction of sp³-hybridized carbons (Fsp3) is 0.219. The Morgan fingerprint density at radius 2 is 1.62 bits per heavy atom. The van der Waals surface area contributed by atoms with E-state index in [1.54, 1.807) is 10.6 Å². The second-order valence-electron chi connectivity index (χ2n) is 9.63. The van der Waals surface area contributed by atoms with Crippen LogP contribution in [0, 0.1) is 13.8 Å². The van der Waals surface area contributed by atoms with E-state index in [-0.39, 0.29) is 11.5 Å². The summed E-state index contributed by atoms with van der Waals surface area (Å²) in [6.07, 6.45) is 0.783. The molecular weight excluding hydrogens is 458 g/mol. The molecule has 0 aliphatic carbocycles. The highest BCUT2D eigenvalue weighted by Crippen LogP contribution is 2.26. The van der Waals surface area contributed by atoms with Crippen LogP contribution in [0.5, 0.6) is 0 Å². The minimum Gasteiger partial charge on any atom is -0.329 e. The number of aryl methyl sites for hydroxylation is 2. The van der Waals surface area contributed by atoms with Gasteiger partial charge in [-0.15, -0.1) is 0 Å². The van der Waals surface area contributed by atoms with Gasteiger partial charge in [0.05, 0.1) is 22.6 Å². The Balaban J connectivity index is 1.67. The number of hydrogen-bond acceptors (Lipinski definition) is 3. The van der Waals surface area contributed by atoms with Gasteiger partial charge in [-0.3, -0.25) is 14.2 Å². The van der Waals surface area contributed by atoms with Crippen molar-refractivity contribution in [3.05, 3.63) is 118 Å². The van der Waals surface area contributed by atoms with E-state index < -0.39 is 6.04 Å². The molecule has 1 aromatic heterocycles. The van der Waals surface area contributed by atoms with Gasteiger partial charge in [-0.2, -0.15) is 0 Å². The zero-order valence-corrected chi connectivity index (χ0v) is 21.7. The molecule has 0 N–H and O–H groups in total. The number of amides is 1. The highest BCUT2D eigenvalue weighted by molar-refractivity contribution is 5.98. The van der Waals surface area contributed by atoms with Gasteiger partial charge in [0.15, 0.2) is 0 Å². The number of hydrogen-bond donors (Lipinski definition) is 0. The molecular formula is C32H31N3O2. The Labute approximate surface area is 217 Å². The van der Waals surface area contributed by atoms with Gasteiger partial charge in [-0.05, 0) is 85.5 Å². The molecule has 5 rings (SSSR count). The van der Waals surface area contributed by atoms with Gasteiger partial charge in [-0.1, -0.05) is 55.5 Å². The zero-order chi connectivity index (χ0) is 26.1. The van der Waals surface area contributed by atoms with Crippen LogP contribution in [0.25, 0.3) is 27.4 Å². The number of aromatic nitrogens is 2. The first-order chi connectivity index (χ1) is 17.9. The van der Waals surface area contributed by atoms with Crippen LogP contribution in [0.3, 0.4) is 0 Å². The predicted octanol–water partition coefficient (Wildman–Crippen LogP) is 6.77. The van der Waals surface area contributed by atoms with Gasteiger partial charge in [0, 0.05) is 12.1 Å². The monoisotopic (exact) mass is 489 g/mol. The van der Waals surface area contributed by atoms with E-state index in [4.69, 9.17) is 4.98 Å². The molecule has 5 aromatic rings. The molecule has 0 spiro atoms. The van der Waals surface area contributed by atoms with Gasteiger partial charge in [-0.25, -0.2) is 4.98 Å². The molecule has 0 aliphatic rings. The number of nitrogens with zero attached hydrogens (tertiary/aromatic N) is 3. The molecule has 0 bridgehead atoms. The summed E-state index contributed by atoms with van der Waals surface area (Å²) in [6, 6.07) is 26.8. The van der Waals surface area contributed by atoms with Crippen LogP contribution < -0.4 is 5.56 Å². The summed E-state index contributed by atoms with van der Waals surface area (Å²) in [5, 5.41) is 2.67. The summed E-state index contributed by atoms with van der Waals surface area (Å²) < 4.78 is 1.68. The van der Waals surface area contributed by atoms with E-state index in [1.165, 1.54) is 0 Å². The largest absolute Gasteiger partial charge is 0.329 e. The van der Waals surface area contributed by atoms with Crippen molar-refractivity contribution in [3.63, 3.8) is 0 Å². The van der Waals surface area contributed by atoms with Crippen LogP contribution in [0.1, 0.15) is 53.6 Å². The molecule has 4 aromatic carbocycles. The maximum Gasteiger partial charge on any atom is 0.266 e. The summed E-state index contributed by atoms with van der Waals surface area (Å²) in [4.78, 5) is 34.5. The van der Waals surface area contributed by atoms with E-state index in [9.17, 15) is 9.59 Å². The van der Waals surface area contributed by atoms with Gasteiger partial charge in [0.1, 0.15) is 5.82 Å². The first-order valence-electron chi connectivity index (χ1n) is 12.8. The Kier molecular flexibility index (Phi) is 6.62. The van der Waals surface area contributed by atoms with Crippen LogP contribution in [-0.4, -0.2) is 26.9 Å². The topological polar surface area (TPSA) is 55.2 Å². The lowest BCUT2D eigenvalue weighted by atomic mass is 10.0. The van der Waals surface area contributed by atoms with E-state index in [0.29, 0.717) is 28.8 Å². The maximum atomic E-state index is 13.9. The summed E-state index contributed by atoms with van der Waals surface area (Å²) in [6.45, 7) is 8.64. The highest BCUT2D eigenvalue weighted by Gasteiger charge is 2.27. The zero-order valence-electron chi connectivity index (χ0n) is 21.7. The van der Waals surface area contributed by atoms with Gasteiger partial charge in [0.2, 0.25) is 0 Å². The molecule has 1 atom stereocenters. The SMILES string of the molecule is CCCN(C(=O)c1ccc2ccccc2c1)C(C)c1nc2ccccc2c(=O)n1-c1ccc(C)c(C)c1. The van der Waals surface area contributed by atoms with Crippen molar-refractivity contribution in [1.82, 2.24) is 14.5 Å². The van der Waals surface area contributed by atoms with Crippen LogP contribution in [0.2, 0.25) is 0 Å². The van der Waals surface area contributed by atoms with E-state index >= 15 is 0 Å². The minimum atomic E-state index is -0.433. The number of fused-ring (bicyclic) bond motifs is 2. The molecule has 186 valence electrons. The molecule has 5 nitrogen and oxygen atoms in total. The highest BCUT2D eigenvalue weighted by atomic mass is 16.2. The van der Waals surface area contributed by atoms with E-state index in [0.717, 1.165) is 34.0 Å². The Bertz CT molecular complexity index is 1690. The number of carbonyl (C=O) groups excluding carboxylic acids is 1. The molecule has 0 saturated heterocycles. The average molecular weight is 490 g/mol. The summed E-state index contributed by atoms with van der Waals surface area (Å²) in [5.41, 5.74) is 4.12. The smallest absolute Gasteiger partial charge is 0.266 e. The lowest BCUT2D eigenvalue weighted by Crippen LogP contribution is -2.38. The first-order valence-corrected chi connectivity index (χ1v) is 12.8. The van der Waals surface area contributed by atoms with Gasteiger partial charge < -0.3 is 4.90 Å². The lowest BCUT2D eigenvalue weighted by molar-refractivity contribution is 0.0681. The first kappa shape index (κ1) is 24.4. The molecule has 1 unspecified atom stereocenters. The molecule has 1 amide bonds. The molecule has 0 fully saturated rings. The molecule has 1 heterocycles. The van der Waals surface area contributed by atoms with Crippen molar-refractivity contribution in [2.45, 2.75) is 40.2 Å². The third-order valence-corrected chi connectivity index (χ3v) is 7.11. The van der Waals surface area contributed by atoms with E-state index in [1.807, 2.05) is 97.6 Å². The van der Waals surface area contributed by atoms with Crippen LogP contribution >= 0.6 is 0 Å². The summed E-state index contributed by atoms with van der Waals surface area (Å²) in [5.74, 6) is 0.476. The number of para-hydroxylation sites is 1. The molecule has 37 heavy (non-hydrogen) atoms. The Morgan fingerprint density at radius 3 is 2.38 bits per heavy atom. The van der Waals surface area contributed by atoms with Crippen molar-refractivity contribution < 1.29 is 4.79 Å². The molecule has 5 heteroatoms. The quantitative estimate of drug-likeness (QED) is 0.264. The fourth-order valence-corrected chi connectivity index (χ4v) is 4.88.